The van der Waals surface area contributed by atoms with Crippen LogP contribution in [-0.2, 0) is 18.4 Å². The third-order valence-electron chi connectivity index (χ3n) is 6.09. The first-order valence-corrected chi connectivity index (χ1v) is 9.63. The lowest BCUT2D eigenvalue weighted by molar-refractivity contribution is -0.000505. The van der Waals surface area contributed by atoms with Crippen LogP contribution >= 0.6 is 0 Å². The van der Waals surface area contributed by atoms with Crippen molar-refractivity contribution < 1.29 is 5.11 Å². The highest BCUT2D eigenvalue weighted by Gasteiger charge is 2.32. The molecule has 5 rings (SSSR count). The van der Waals surface area contributed by atoms with E-state index in [4.69, 9.17) is 5.73 Å². The monoisotopic (exact) mass is 348 g/mol. The van der Waals surface area contributed by atoms with E-state index in [-0.39, 0.29) is 0 Å². The topological polar surface area (TPSA) is 87.8 Å². The molecule has 0 aliphatic heterocycles. The van der Waals surface area contributed by atoms with E-state index < -0.39 is 5.60 Å². The fraction of sp³-hybridized carbons (Fsp3) is 0.429. The zero-order valence-electron chi connectivity index (χ0n) is 14.9. The highest BCUT2D eigenvalue weighted by Crippen LogP contribution is 2.41. The number of rotatable bonds is 1. The first-order valence-electron chi connectivity index (χ1n) is 9.63. The van der Waals surface area contributed by atoms with E-state index in [0.717, 1.165) is 78.2 Å². The molecule has 26 heavy (non-hydrogen) atoms. The van der Waals surface area contributed by atoms with Crippen molar-refractivity contribution in [2.75, 3.05) is 5.73 Å². The zero-order chi connectivity index (χ0) is 17.7. The third kappa shape index (κ3) is 2.42. The first kappa shape index (κ1) is 15.8. The van der Waals surface area contributed by atoms with Crippen LogP contribution < -0.4 is 5.73 Å². The van der Waals surface area contributed by atoms with Crippen LogP contribution in [0.25, 0.3) is 22.2 Å². The summed E-state index contributed by atoms with van der Waals surface area (Å²) < 4.78 is 0. The average Bonchev–Trinajstić information content (AvgIpc) is 2.91. The lowest BCUT2D eigenvalue weighted by atomic mass is 9.79. The number of hydrogen-bond acceptors (Lipinski definition) is 4. The van der Waals surface area contributed by atoms with Crippen LogP contribution in [0.3, 0.4) is 0 Å². The lowest BCUT2D eigenvalue weighted by Gasteiger charge is -2.32. The number of hydrogen-bond donors (Lipinski definition) is 3. The Morgan fingerprint density at radius 3 is 2.77 bits per heavy atom. The summed E-state index contributed by atoms with van der Waals surface area (Å²) in [6.07, 6.45) is 9.96. The Morgan fingerprint density at radius 1 is 1.08 bits per heavy atom. The van der Waals surface area contributed by atoms with Crippen LogP contribution in [0.15, 0.2) is 24.4 Å². The van der Waals surface area contributed by atoms with Gasteiger partial charge in [-0.15, -0.1) is 0 Å². The summed E-state index contributed by atoms with van der Waals surface area (Å²) in [5, 5.41) is 12.3. The number of nitrogen functional groups attached to an aromatic ring is 1. The molecule has 0 amide bonds. The standard InChI is InChI=1S/C21H24N4O/c22-20-23-12-13-5-4-6-17-18(19(13)25-20)15-11-14(7-8-16(15)24-17)21(26)9-2-1-3-10-21/h7-8,11-12,24,26H,1-6,9-10H2,(H2,22,23,25). The minimum absolute atomic E-state index is 0.313. The van der Waals surface area contributed by atoms with Gasteiger partial charge < -0.3 is 15.8 Å². The van der Waals surface area contributed by atoms with Gasteiger partial charge in [-0.1, -0.05) is 25.3 Å². The predicted octanol–water partition coefficient (Wildman–Crippen LogP) is 3.85. The maximum atomic E-state index is 11.2. The van der Waals surface area contributed by atoms with Crippen LogP contribution in [0.5, 0.6) is 0 Å². The minimum Gasteiger partial charge on any atom is -0.385 e. The van der Waals surface area contributed by atoms with Gasteiger partial charge in [0.25, 0.3) is 0 Å². The Hall–Kier alpha value is -2.40. The third-order valence-corrected chi connectivity index (χ3v) is 6.09. The molecule has 134 valence electrons. The summed E-state index contributed by atoms with van der Waals surface area (Å²) in [6.45, 7) is 0. The van der Waals surface area contributed by atoms with Crippen LogP contribution in [0.4, 0.5) is 5.95 Å². The second-order valence-electron chi connectivity index (χ2n) is 7.79. The molecule has 1 fully saturated rings. The summed E-state index contributed by atoms with van der Waals surface area (Å²) in [6, 6.07) is 6.36. The van der Waals surface area contributed by atoms with Crippen molar-refractivity contribution in [1.82, 2.24) is 15.0 Å². The molecular formula is C21H24N4O. The number of fused-ring (bicyclic) bond motifs is 5. The second-order valence-corrected chi connectivity index (χ2v) is 7.79. The van der Waals surface area contributed by atoms with Gasteiger partial charge in [-0.2, -0.15) is 0 Å². The Labute approximate surface area is 152 Å². The van der Waals surface area contributed by atoms with Crippen molar-refractivity contribution in [3.05, 3.63) is 41.2 Å². The summed E-state index contributed by atoms with van der Waals surface area (Å²) >= 11 is 0. The molecule has 1 saturated carbocycles. The number of benzene rings is 1. The molecule has 5 nitrogen and oxygen atoms in total. The van der Waals surface area contributed by atoms with E-state index in [1.54, 1.807) is 0 Å². The molecule has 1 aromatic carbocycles. The number of aliphatic hydroxyl groups is 1. The molecule has 2 aliphatic rings. The summed E-state index contributed by atoms with van der Waals surface area (Å²) in [5.41, 5.74) is 11.8. The number of aryl methyl sites for hydroxylation is 2. The number of aromatic nitrogens is 3. The molecule has 0 atom stereocenters. The smallest absolute Gasteiger partial charge is 0.220 e. The van der Waals surface area contributed by atoms with Crippen LogP contribution in [0.1, 0.15) is 55.3 Å². The molecular weight excluding hydrogens is 324 g/mol. The Morgan fingerprint density at radius 2 is 1.92 bits per heavy atom. The van der Waals surface area contributed by atoms with Gasteiger partial charge in [0.05, 0.1) is 11.3 Å². The number of anilines is 1. The van der Waals surface area contributed by atoms with Gasteiger partial charge in [0, 0.05) is 28.4 Å². The zero-order valence-corrected chi connectivity index (χ0v) is 14.9. The Bertz CT molecular complexity index is 985. The highest BCUT2D eigenvalue weighted by molar-refractivity contribution is 5.98. The van der Waals surface area contributed by atoms with Crippen LogP contribution in [0.2, 0.25) is 0 Å². The predicted molar refractivity (Wildman–Crippen MR) is 103 cm³/mol. The van der Waals surface area contributed by atoms with Gasteiger partial charge in [-0.3, -0.25) is 0 Å². The van der Waals surface area contributed by atoms with Crippen molar-refractivity contribution >= 4 is 16.9 Å². The van der Waals surface area contributed by atoms with Crippen molar-refractivity contribution in [3.8, 4) is 11.3 Å². The van der Waals surface area contributed by atoms with Gasteiger partial charge in [0.1, 0.15) is 0 Å². The summed E-state index contributed by atoms with van der Waals surface area (Å²) in [5.74, 6) is 0.313. The molecule has 0 radical (unpaired) electrons. The SMILES string of the molecule is Nc1ncc2c(n1)-c1c([nH]c3ccc(C4(O)CCCCC4)cc13)CCC2. The van der Waals surface area contributed by atoms with E-state index in [0.29, 0.717) is 5.95 Å². The molecule has 0 bridgehead atoms. The quantitative estimate of drug-likeness (QED) is 0.623. The molecule has 5 heteroatoms. The highest BCUT2D eigenvalue weighted by atomic mass is 16.3. The lowest BCUT2D eigenvalue weighted by Crippen LogP contribution is -2.28. The van der Waals surface area contributed by atoms with Crippen LogP contribution in [-0.4, -0.2) is 20.1 Å². The fourth-order valence-corrected chi connectivity index (χ4v) is 4.70. The van der Waals surface area contributed by atoms with E-state index in [1.165, 1.54) is 12.1 Å². The number of nitrogens with one attached hydrogen (secondary N) is 1. The minimum atomic E-state index is -0.700. The van der Waals surface area contributed by atoms with Crippen molar-refractivity contribution in [1.29, 1.82) is 0 Å². The molecule has 0 unspecified atom stereocenters. The normalized spacial score (nSPS) is 19.0. The van der Waals surface area contributed by atoms with E-state index >= 15 is 0 Å². The fourth-order valence-electron chi connectivity index (χ4n) is 4.70. The Kier molecular flexibility index (Phi) is 3.54. The van der Waals surface area contributed by atoms with Crippen molar-refractivity contribution in [2.45, 2.75) is 57.0 Å². The average molecular weight is 348 g/mol. The maximum absolute atomic E-state index is 11.2. The maximum Gasteiger partial charge on any atom is 0.220 e. The largest absolute Gasteiger partial charge is 0.385 e. The van der Waals surface area contributed by atoms with Gasteiger partial charge >= 0.3 is 0 Å². The molecule has 0 spiro atoms. The van der Waals surface area contributed by atoms with Crippen LogP contribution in [0, 0.1) is 0 Å². The molecule has 2 aliphatic carbocycles. The van der Waals surface area contributed by atoms with E-state index in [1.807, 2.05) is 6.20 Å². The van der Waals surface area contributed by atoms with Crippen molar-refractivity contribution in [3.63, 3.8) is 0 Å². The number of nitrogens with zero attached hydrogens (tertiary/aromatic N) is 2. The van der Waals surface area contributed by atoms with Gasteiger partial charge in [-0.25, -0.2) is 9.97 Å². The van der Waals surface area contributed by atoms with E-state index in [9.17, 15) is 5.11 Å². The molecule has 4 N–H and O–H groups in total. The summed E-state index contributed by atoms with van der Waals surface area (Å²) in [7, 11) is 0. The molecule has 3 aromatic rings. The second kappa shape index (κ2) is 5.81. The Balaban J connectivity index is 1.73. The molecule has 0 saturated heterocycles. The number of aromatic amines is 1. The number of nitrogens with two attached hydrogens (primary N) is 1. The van der Waals surface area contributed by atoms with Gasteiger partial charge in [0.2, 0.25) is 5.95 Å². The number of H-pyrrole nitrogens is 1. The molecule has 2 heterocycles. The van der Waals surface area contributed by atoms with Gasteiger partial charge in [0.15, 0.2) is 0 Å². The van der Waals surface area contributed by atoms with Gasteiger partial charge in [-0.05, 0) is 55.4 Å². The summed E-state index contributed by atoms with van der Waals surface area (Å²) in [4.78, 5) is 12.3. The molecule has 2 aromatic heterocycles. The van der Waals surface area contributed by atoms with E-state index in [2.05, 4.69) is 33.2 Å². The first-order chi connectivity index (χ1) is 12.6. The van der Waals surface area contributed by atoms with Crippen molar-refractivity contribution in [2.24, 2.45) is 0 Å².